The maximum Gasteiger partial charge on any atom is 0.246 e. The molecular weight excluding hydrogens is 576 g/mol. The number of rotatable bonds is 7. The molecule has 1 amide bonds. The second-order valence-electron chi connectivity index (χ2n) is 11.1. The summed E-state index contributed by atoms with van der Waals surface area (Å²) in [5.74, 6) is -1.18. The Morgan fingerprint density at radius 3 is 2.70 bits per heavy atom. The van der Waals surface area contributed by atoms with Gasteiger partial charge in [-0.3, -0.25) is 4.79 Å². The third kappa shape index (κ3) is 5.30. The number of carbonyl (C=O) groups is 1. The van der Waals surface area contributed by atoms with Gasteiger partial charge in [-0.2, -0.15) is 5.26 Å². The van der Waals surface area contributed by atoms with Gasteiger partial charge in [0.15, 0.2) is 11.3 Å². The van der Waals surface area contributed by atoms with Crippen LogP contribution in [0.3, 0.4) is 0 Å². The number of nitriles is 1. The summed E-state index contributed by atoms with van der Waals surface area (Å²) in [6.07, 6.45) is 4.42. The molecule has 9 nitrogen and oxygen atoms in total. The predicted molar refractivity (Wildman–Crippen MR) is 159 cm³/mol. The Morgan fingerprint density at radius 2 is 2.00 bits per heavy atom. The molecule has 0 radical (unpaired) electrons. The van der Waals surface area contributed by atoms with E-state index in [-0.39, 0.29) is 52.4 Å². The fourth-order valence-corrected chi connectivity index (χ4v) is 6.60. The molecule has 2 aliphatic heterocycles. The highest BCUT2D eigenvalue weighted by Gasteiger charge is 2.34. The quantitative estimate of drug-likeness (QED) is 0.250. The van der Waals surface area contributed by atoms with E-state index in [1.54, 1.807) is 15.6 Å². The van der Waals surface area contributed by atoms with Crippen molar-refractivity contribution in [2.75, 3.05) is 26.7 Å². The van der Waals surface area contributed by atoms with Crippen molar-refractivity contribution in [1.29, 1.82) is 5.26 Å². The van der Waals surface area contributed by atoms with Gasteiger partial charge in [0, 0.05) is 29.6 Å². The minimum absolute atomic E-state index is 0.0300. The van der Waals surface area contributed by atoms with Crippen molar-refractivity contribution >= 4 is 39.4 Å². The largest absolute Gasteiger partial charge is 0.474 e. The van der Waals surface area contributed by atoms with Crippen LogP contribution in [0.25, 0.3) is 33.1 Å². The number of likely N-dealkylation sites (tertiary alicyclic amines) is 2. The first-order chi connectivity index (χ1) is 20.8. The van der Waals surface area contributed by atoms with E-state index in [0.717, 1.165) is 19.4 Å². The average Bonchev–Trinajstić information content (AvgIpc) is 3.63. The lowest BCUT2D eigenvalue weighted by Crippen LogP contribution is -2.45. The van der Waals surface area contributed by atoms with Crippen molar-refractivity contribution in [3.8, 4) is 23.1 Å². The van der Waals surface area contributed by atoms with Crippen LogP contribution in [0, 0.1) is 23.0 Å². The average molecular weight is 606 g/mol. The first kappa shape index (κ1) is 29.0. The Labute approximate surface area is 252 Å². The number of amides is 1. The van der Waals surface area contributed by atoms with Crippen LogP contribution in [-0.4, -0.2) is 74.5 Å². The number of aromatic nitrogens is 4. The molecule has 0 saturated carbocycles. The van der Waals surface area contributed by atoms with Gasteiger partial charge in [-0.1, -0.05) is 35.5 Å². The third-order valence-electron chi connectivity index (χ3n) is 8.59. The molecule has 4 heterocycles. The summed E-state index contributed by atoms with van der Waals surface area (Å²) in [6, 6.07) is 8.84. The molecule has 222 valence electrons. The van der Waals surface area contributed by atoms with Gasteiger partial charge in [0.2, 0.25) is 11.8 Å². The second kappa shape index (κ2) is 11.9. The van der Waals surface area contributed by atoms with Crippen LogP contribution in [0.4, 0.5) is 8.78 Å². The summed E-state index contributed by atoms with van der Waals surface area (Å²) >= 11 is 6.69. The zero-order chi connectivity index (χ0) is 30.2. The van der Waals surface area contributed by atoms with Crippen molar-refractivity contribution in [3.05, 3.63) is 59.6 Å². The van der Waals surface area contributed by atoms with Crippen LogP contribution in [0.2, 0.25) is 5.02 Å². The monoisotopic (exact) mass is 605 g/mol. The summed E-state index contributed by atoms with van der Waals surface area (Å²) in [7, 11) is 2.04. The molecule has 0 bridgehead atoms. The zero-order valence-corrected chi connectivity index (χ0v) is 24.4. The molecule has 4 aromatic rings. The van der Waals surface area contributed by atoms with E-state index >= 15 is 4.39 Å². The van der Waals surface area contributed by atoms with E-state index in [1.807, 2.05) is 7.05 Å². The number of likely N-dealkylation sites (N-methyl/N-ethyl adjacent to an activating group) is 1. The molecule has 43 heavy (non-hydrogen) atoms. The summed E-state index contributed by atoms with van der Waals surface area (Å²) < 4.78 is 38.0. The van der Waals surface area contributed by atoms with E-state index in [9.17, 15) is 14.4 Å². The Bertz CT molecular complexity index is 1750. The molecular formula is C31H30ClF2N7O2. The number of ether oxygens (including phenoxy) is 1. The zero-order valence-electron chi connectivity index (χ0n) is 23.6. The lowest BCUT2D eigenvalue weighted by atomic mass is 9.94. The standard InChI is InChI=1S/C31H30ClF2N7O2/c1-3-25(42)40-14-11-21(15-20(40)10-12-35)41-30-23-16-24(32)26(18-6-8-19(33)9-7-18)27(34)28(23)36-31(29(30)37-38-41)43-17-22-5-4-13-39(22)2/h3,6-9,16,20-22H,1,4-5,10-11,13-15,17H2,2H3/t20-,21+,22+/m1/s1. The van der Waals surface area contributed by atoms with Crippen molar-refractivity contribution in [3.63, 3.8) is 0 Å². The SMILES string of the molecule is C=CC(=O)N1CC[C@H](n2nnc3c(OC[C@@H]4CCCN4C)nc4c(F)c(-c5ccc(F)cc5)c(Cl)cc4c32)C[C@H]1CC#N. The Hall–Kier alpha value is -4.14. The number of benzene rings is 2. The van der Waals surface area contributed by atoms with E-state index < -0.39 is 11.6 Å². The fourth-order valence-electron chi connectivity index (χ4n) is 6.30. The molecule has 2 aliphatic rings. The van der Waals surface area contributed by atoms with Crippen molar-refractivity contribution in [2.24, 2.45) is 0 Å². The van der Waals surface area contributed by atoms with E-state index in [1.165, 1.54) is 30.3 Å². The number of piperidine rings is 1. The van der Waals surface area contributed by atoms with Crippen LogP contribution < -0.4 is 4.74 Å². The topological polar surface area (TPSA) is 100 Å². The van der Waals surface area contributed by atoms with Gasteiger partial charge in [-0.15, -0.1) is 5.10 Å². The highest BCUT2D eigenvalue weighted by Crippen LogP contribution is 2.41. The van der Waals surface area contributed by atoms with Gasteiger partial charge in [-0.05, 0) is 69.1 Å². The lowest BCUT2D eigenvalue weighted by Gasteiger charge is -2.38. The Kier molecular flexibility index (Phi) is 7.99. The molecule has 6 rings (SSSR count). The van der Waals surface area contributed by atoms with Crippen LogP contribution in [0.15, 0.2) is 43.0 Å². The van der Waals surface area contributed by atoms with Gasteiger partial charge >= 0.3 is 0 Å². The smallest absolute Gasteiger partial charge is 0.246 e. The van der Waals surface area contributed by atoms with Crippen LogP contribution in [-0.2, 0) is 4.79 Å². The number of fused-ring (bicyclic) bond motifs is 3. The first-order valence-corrected chi connectivity index (χ1v) is 14.6. The van der Waals surface area contributed by atoms with Gasteiger partial charge in [0.25, 0.3) is 0 Å². The molecule has 2 saturated heterocycles. The molecule has 12 heteroatoms. The summed E-state index contributed by atoms with van der Waals surface area (Å²) in [5, 5.41) is 18.9. The van der Waals surface area contributed by atoms with Crippen molar-refractivity contribution in [2.45, 2.75) is 50.2 Å². The molecule has 2 aromatic carbocycles. The number of hydrogen-bond donors (Lipinski definition) is 0. The normalized spacial score (nSPS) is 20.9. The second-order valence-corrected chi connectivity index (χ2v) is 11.5. The van der Waals surface area contributed by atoms with Gasteiger partial charge in [0.1, 0.15) is 23.5 Å². The van der Waals surface area contributed by atoms with Crippen molar-refractivity contribution < 1.29 is 18.3 Å². The molecule has 2 aromatic heterocycles. The Morgan fingerprint density at radius 1 is 1.21 bits per heavy atom. The number of carbonyl (C=O) groups excluding carboxylic acids is 1. The molecule has 0 spiro atoms. The number of nitrogens with zero attached hydrogens (tertiary/aromatic N) is 7. The Balaban J connectivity index is 1.50. The van der Waals surface area contributed by atoms with Crippen LogP contribution in [0.1, 0.15) is 38.1 Å². The van der Waals surface area contributed by atoms with Crippen molar-refractivity contribution in [1.82, 2.24) is 29.8 Å². The van der Waals surface area contributed by atoms with E-state index in [4.69, 9.17) is 16.3 Å². The molecule has 2 fully saturated rings. The third-order valence-corrected chi connectivity index (χ3v) is 8.89. The molecule has 0 aliphatic carbocycles. The number of hydrogen-bond acceptors (Lipinski definition) is 7. The van der Waals surface area contributed by atoms with Gasteiger partial charge in [0.05, 0.1) is 23.6 Å². The highest BCUT2D eigenvalue weighted by molar-refractivity contribution is 6.34. The maximum absolute atomic E-state index is 16.4. The highest BCUT2D eigenvalue weighted by atomic mass is 35.5. The first-order valence-electron chi connectivity index (χ1n) is 14.3. The molecule has 0 unspecified atom stereocenters. The fraction of sp³-hybridized carbons (Fsp3) is 0.387. The molecule has 0 N–H and O–H groups in total. The molecule has 3 atom stereocenters. The summed E-state index contributed by atoms with van der Waals surface area (Å²) in [6.45, 7) is 5.31. The van der Waals surface area contributed by atoms with Gasteiger partial charge in [-0.25, -0.2) is 18.4 Å². The van der Waals surface area contributed by atoms with Crippen LogP contribution >= 0.6 is 11.6 Å². The summed E-state index contributed by atoms with van der Waals surface area (Å²) in [4.78, 5) is 21.0. The summed E-state index contributed by atoms with van der Waals surface area (Å²) in [5.41, 5.74) is 1.43. The number of halogens is 3. The maximum atomic E-state index is 16.4. The van der Waals surface area contributed by atoms with Gasteiger partial charge < -0.3 is 14.5 Å². The lowest BCUT2D eigenvalue weighted by molar-refractivity contribution is -0.130. The minimum atomic E-state index is -0.666. The minimum Gasteiger partial charge on any atom is -0.474 e. The van der Waals surface area contributed by atoms with E-state index in [0.29, 0.717) is 48.0 Å². The predicted octanol–water partition coefficient (Wildman–Crippen LogP) is 5.68. The van der Waals surface area contributed by atoms with E-state index in [2.05, 4.69) is 32.8 Å². The van der Waals surface area contributed by atoms with Crippen LogP contribution in [0.5, 0.6) is 5.88 Å². The number of pyridine rings is 1.